The lowest BCUT2D eigenvalue weighted by Gasteiger charge is -2.24. The van der Waals surface area contributed by atoms with Gasteiger partial charge < -0.3 is 14.8 Å². The van der Waals surface area contributed by atoms with Gasteiger partial charge in [0.2, 0.25) is 0 Å². The maximum atomic E-state index is 12.8. The zero-order valence-corrected chi connectivity index (χ0v) is 16.6. The maximum Gasteiger partial charge on any atom is 0.341 e. The number of nitrogens with one attached hydrogen (secondary N) is 1. The Morgan fingerprint density at radius 3 is 2.93 bits per heavy atom. The molecule has 1 aliphatic carbocycles. The van der Waals surface area contributed by atoms with Crippen LogP contribution in [0.1, 0.15) is 55.6 Å². The Balaban J connectivity index is 1.57. The van der Waals surface area contributed by atoms with E-state index in [2.05, 4.69) is 5.32 Å². The van der Waals surface area contributed by atoms with Gasteiger partial charge in [0.15, 0.2) is 6.10 Å². The van der Waals surface area contributed by atoms with E-state index in [1.807, 2.05) is 19.1 Å². The molecule has 7 heteroatoms. The van der Waals surface area contributed by atoms with Crippen molar-refractivity contribution in [2.75, 3.05) is 11.9 Å². The van der Waals surface area contributed by atoms with Crippen molar-refractivity contribution in [2.24, 2.45) is 0 Å². The second kappa shape index (κ2) is 7.39. The summed E-state index contributed by atoms with van der Waals surface area (Å²) in [7, 11) is 0. The number of aryl methyl sites for hydroxylation is 2. The molecule has 0 unspecified atom stereocenters. The average molecular weight is 399 g/mol. The monoisotopic (exact) mass is 399 g/mol. The summed E-state index contributed by atoms with van der Waals surface area (Å²) in [6, 6.07) is 5.54. The molecule has 0 saturated carbocycles. The van der Waals surface area contributed by atoms with Crippen LogP contribution in [0.5, 0.6) is 0 Å². The van der Waals surface area contributed by atoms with Gasteiger partial charge in [-0.3, -0.25) is 4.79 Å². The molecule has 2 aliphatic rings. The molecule has 1 aromatic heterocycles. The SMILES string of the molecule is CCOC(=O)c1c(NC(=O)[C@H]2Cc3ccc(C)cc3C(=O)O2)sc2c1CCC2. The van der Waals surface area contributed by atoms with Gasteiger partial charge in [-0.25, -0.2) is 9.59 Å². The van der Waals surface area contributed by atoms with Gasteiger partial charge in [-0.2, -0.15) is 0 Å². The highest BCUT2D eigenvalue weighted by molar-refractivity contribution is 7.17. The first-order chi connectivity index (χ1) is 13.5. The van der Waals surface area contributed by atoms with Gasteiger partial charge in [-0.05, 0) is 50.3 Å². The summed E-state index contributed by atoms with van der Waals surface area (Å²) in [5, 5.41) is 3.30. The fourth-order valence-electron chi connectivity index (χ4n) is 3.74. The molecule has 6 nitrogen and oxygen atoms in total. The predicted molar refractivity (Wildman–Crippen MR) is 105 cm³/mol. The number of hydrogen-bond donors (Lipinski definition) is 1. The highest BCUT2D eigenvalue weighted by Crippen LogP contribution is 2.39. The van der Waals surface area contributed by atoms with E-state index in [9.17, 15) is 14.4 Å². The Bertz CT molecular complexity index is 977. The Morgan fingerprint density at radius 1 is 1.32 bits per heavy atom. The molecule has 0 saturated heterocycles. The van der Waals surface area contributed by atoms with Crippen LogP contribution < -0.4 is 5.32 Å². The highest BCUT2D eigenvalue weighted by Gasteiger charge is 2.34. The lowest BCUT2D eigenvalue weighted by molar-refractivity contribution is -0.125. The second-order valence-corrected chi connectivity index (χ2v) is 8.14. The van der Waals surface area contributed by atoms with E-state index in [-0.39, 0.29) is 6.61 Å². The molecule has 1 N–H and O–H groups in total. The molecule has 1 aliphatic heterocycles. The molecule has 0 bridgehead atoms. The zero-order valence-electron chi connectivity index (χ0n) is 15.8. The van der Waals surface area contributed by atoms with Crippen LogP contribution in [0.2, 0.25) is 0 Å². The lowest BCUT2D eigenvalue weighted by atomic mass is 9.96. The first kappa shape index (κ1) is 18.7. The summed E-state index contributed by atoms with van der Waals surface area (Å²) in [6.07, 6.45) is 2.09. The van der Waals surface area contributed by atoms with Crippen LogP contribution >= 0.6 is 11.3 Å². The number of amides is 1. The van der Waals surface area contributed by atoms with E-state index < -0.39 is 23.9 Å². The number of carbonyl (C=O) groups is 3. The zero-order chi connectivity index (χ0) is 19.8. The van der Waals surface area contributed by atoms with Gasteiger partial charge in [-0.1, -0.05) is 17.7 Å². The predicted octanol–water partition coefficient (Wildman–Crippen LogP) is 3.44. The molecule has 2 heterocycles. The fraction of sp³-hybridized carbons (Fsp3) is 0.381. The molecular formula is C21H21NO5S. The van der Waals surface area contributed by atoms with Gasteiger partial charge in [0.25, 0.3) is 5.91 Å². The summed E-state index contributed by atoms with van der Waals surface area (Å²) in [4.78, 5) is 38.7. The van der Waals surface area contributed by atoms with Crippen molar-refractivity contribution in [2.45, 2.75) is 45.6 Å². The molecule has 1 aromatic carbocycles. The van der Waals surface area contributed by atoms with Crippen LogP contribution in [-0.4, -0.2) is 30.6 Å². The minimum absolute atomic E-state index is 0.271. The molecule has 0 spiro atoms. The number of ether oxygens (including phenoxy) is 2. The molecule has 2 aromatic rings. The third-order valence-electron chi connectivity index (χ3n) is 5.07. The summed E-state index contributed by atoms with van der Waals surface area (Å²) < 4.78 is 10.5. The molecule has 0 radical (unpaired) electrons. The first-order valence-electron chi connectivity index (χ1n) is 9.41. The van der Waals surface area contributed by atoms with E-state index in [0.29, 0.717) is 22.5 Å². The van der Waals surface area contributed by atoms with E-state index in [1.54, 1.807) is 13.0 Å². The highest BCUT2D eigenvalue weighted by atomic mass is 32.1. The quantitative estimate of drug-likeness (QED) is 0.797. The van der Waals surface area contributed by atoms with Gasteiger partial charge in [-0.15, -0.1) is 11.3 Å². The normalized spacial score (nSPS) is 17.5. The number of esters is 2. The first-order valence-corrected chi connectivity index (χ1v) is 10.2. The van der Waals surface area contributed by atoms with Crippen molar-refractivity contribution in [3.05, 3.63) is 50.9 Å². The lowest BCUT2D eigenvalue weighted by Crippen LogP contribution is -2.38. The number of carbonyl (C=O) groups excluding carboxylic acids is 3. The van der Waals surface area contributed by atoms with Crippen molar-refractivity contribution >= 4 is 34.2 Å². The number of anilines is 1. The van der Waals surface area contributed by atoms with Crippen LogP contribution in [-0.2, 0) is 33.5 Å². The Labute approximate surface area is 166 Å². The van der Waals surface area contributed by atoms with Crippen molar-refractivity contribution in [3.63, 3.8) is 0 Å². The van der Waals surface area contributed by atoms with Crippen LogP contribution in [0.3, 0.4) is 0 Å². The van der Waals surface area contributed by atoms with E-state index in [1.165, 1.54) is 11.3 Å². The number of thiophene rings is 1. The van der Waals surface area contributed by atoms with Crippen LogP contribution in [0.15, 0.2) is 18.2 Å². The molecule has 4 rings (SSSR count). The van der Waals surface area contributed by atoms with E-state index in [0.717, 1.165) is 40.8 Å². The Morgan fingerprint density at radius 2 is 2.14 bits per heavy atom. The van der Waals surface area contributed by atoms with E-state index in [4.69, 9.17) is 9.47 Å². The average Bonchev–Trinajstić information content (AvgIpc) is 3.22. The summed E-state index contributed by atoms with van der Waals surface area (Å²) in [6.45, 7) is 3.93. The Hall–Kier alpha value is -2.67. The minimum Gasteiger partial charge on any atom is -0.462 e. The summed E-state index contributed by atoms with van der Waals surface area (Å²) in [5.74, 6) is -1.34. The van der Waals surface area contributed by atoms with Crippen LogP contribution in [0.4, 0.5) is 5.00 Å². The smallest absolute Gasteiger partial charge is 0.341 e. The number of cyclic esters (lactones) is 1. The maximum absolute atomic E-state index is 12.8. The van der Waals surface area contributed by atoms with Gasteiger partial charge in [0.05, 0.1) is 17.7 Å². The number of benzene rings is 1. The summed E-state index contributed by atoms with van der Waals surface area (Å²) in [5.41, 5.74) is 3.68. The van der Waals surface area contributed by atoms with Crippen molar-refractivity contribution in [3.8, 4) is 0 Å². The fourth-order valence-corrected chi connectivity index (χ4v) is 5.02. The molecular weight excluding hydrogens is 378 g/mol. The van der Waals surface area contributed by atoms with Crippen molar-refractivity contribution in [1.29, 1.82) is 0 Å². The van der Waals surface area contributed by atoms with E-state index >= 15 is 0 Å². The van der Waals surface area contributed by atoms with Crippen LogP contribution in [0, 0.1) is 6.92 Å². The second-order valence-electron chi connectivity index (χ2n) is 7.03. The van der Waals surface area contributed by atoms with Crippen molar-refractivity contribution < 1.29 is 23.9 Å². The number of hydrogen-bond acceptors (Lipinski definition) is 6. The third kappa shape index (κ3) is 3.30. The Kier molecular flexibility index (Phi) is 4.93. The standard InChI is InChI=1S/C21H21NO5S/c1-3-26-21(25)17-13-5-4-6-16(13)28-19(17)22-18(23)15-10-12-8-7-11(2)9-14(12)20(24)27-15/h7-9,15H,3-6,10H2,1-2H3,(H,22,23)/t15-/m1/s1. The largest absolute Gasteiger partial charge is 0.462 e. The van der Waals surface area contributed by atoms with Crippen molar-refractivity contribution in [1.82, 2.24) is 0 Å². The van der Waals surface area contributed by atoms with Crippen LogP contribution in [0.25, 0.3) is 0 Å². The molecule has 1 amide bonds. The topological polar surface area (TPSA) is 81.7 Å². The number of fused-ring (bicyclic) bond motifs is 2. The molecule has 28 heavy (non-hydrogen) atoms. The molecule has 146 valence electrons. The summed E-state index contributed by atoms with van der Waals surface area (Å²) >= 11 is 1.41. The third-order valence-corrected chi connectivity index (χ3v) is 6.28. The van der Waals surface area contributed by atoms with Gasteiger partial charge in [0.1, 0.15) is 5.00 Å². The van der Waals surface area contributed by atoms with Gasteiger partial charge >= 0.3 is 11.9 Å². The molecule has 0 fully saturated rings. The number of rotatable bonds is 4. The minimum atomic E-state index is -0.922. The van der Waals surface area contributed by atoms with Gasteiger partial charge in [0, 0.05) is 11.3 Å². The molecule has 1 atom stereocenters.